The second-order valence-electron chi connectivity index (χ2n) is 4.20. The molecule has 90 valence electrons. The molecule has 17 heavy (non-hydrogen) atoms. The minimum Gasteiger partial charge on any atom is -0.375 e. The molecule has 2 atom stereocenters. The number of morpholine rings is 1. The van der Waals surface area contributed by atoms with Crippen molar-refractivity contribution in [3.8, 4) is 6.07 Å². The van der Waals surface area contributed by atoms with E-state index in [0.717, 1.165) is 13.1 Å². The third kappa shape index (κ3) is 3.27. The summed E-state index contributed by atoms with van der Waals surface area (Å²) >= 11 is 0. The van der Waals surface area contributed by atoms with Crippen molar-refractivity contribution in [1.82, 2.24) is 4.90 Å². The predicted octanol–water partition coefficient (Wildman–Crippen LogP) is 0.772. The molecule has 0 spiro atoms. The quantitative estimate of drug-likeness (QED) is 0.782. The van der Waals surface area contributed by atoms with Gasteiger partial charge in [-0.15, -0.1) is 0 Å². The van der Waals surface area contributed by atoms with Gasteiger partial charge in [-0.1, -0.05) is 30.3 Å². The first-order chi connectivity index (χ1) is 8.29. The van der Waals surface area contributed by atoms with Crippen molar-refractivity contribution in [2.75, 3.05) is 19.7 Å². The van der Waals surface area contributed by atoms with E-state index in [0.29, 0.717) is 13.2 Å². The van der Waals surface area contributed by atoms with Crippen molar-refractivity contribution in [3.05, 3.63) is 35.9 Å². The van der Waals surface area contributed by atoms with Crippen LogP contribution < -0.4 is 0 Å². The lowest BCUT2D eigenvalue weighted by atomic mass is 10.1. The van der Waals surface area contributed by atoms with Crippen LogP contribution in [-0.4, -0.2) is 41.9 Å². The van der Waals surface area contributed by atoms with Crippen molar-refractivity contribution in [2.24, 2.45) is 0 Å². The Bertz CT molecular complexity index is 388. The second kappa shape index (κ2) is 5.78. The van der Waals surface area contributed by atoms with Gasteiger partial charge in [0.2, 0.25) is 0 Å². The van der Waals surface area contributed by atoms with Crippen LogP contribution in [0.3, 0.4) is 0 Å². The molecule has 0 aliphatic carbocycles. The molecule has 0 bridgehead atoms. The van der Waals surface area contributed by atoms with Gasteiger partial charge in [-0.3, -0.25) is 4.90 Å². The molecular formula is C13H16N2O2. The first-order valence-electron chi connectivity index (χ1n) is 5.75. The summed E-state index contributed by atoms with van der Waals surface area (Å²) in [4.78, 5) is 2.20. The van der Waals surface area contributed by atoms with E-state index in [1.54, 1.807) is 0 Å². The Hall–Kier alpha value is -1.41. The van der Waals surface area contributed by atoms with Gasteiger partial charge >= 0.3 is 0 Å². The Balaban J connectivity index is 1.92. The number of nitrogens with zero attached hydrogens (tertiary/aromatic N) is 2. The maximum Gasteiger partial charge on any atom is 0.167 e. The SMILES string of the molecule is N#CC(O)C1CN(Cc2ccccc2)CCO1. The molecule has 1 saturated heterocycles. The highest BCUT2D eigenvalue weighted by molar-refractivity contribution is 5.14. The van der Waals surface area contributed by atoms with Crippen molar-refractivity contribution < 1.29 is 9.84 Å². The third-order valence-corrected chi connectivity index (χ3v) is 2.91. The maximum absolute atomic E-state index is 9.45. The molecule has 0 amide bonds. The minimum atomic E-state index is -1.03. The van der Waals surface area contributed by atoms with Crippen LogP contribution in [0, 0.1) is 11.3 Å². The highest BCUT2D eigenvalue weighted by atomic mass is 16.5. The highest BCUT2D eigenvalue weighted by Crippen LogP contribution is 2.12. The Morgan fingerprint density at radius 2 is 2.24 bits per heavy atom. The van der Waals surface area contributed by atoms with Gasteiger partial charge in [-0.2, -0.15) is 5.26 Å². The fourth-order valence-corrected chi connectivity index (χ4v) is 1.99. The van der Waals surface area contributed by atoms with Crippen molar-refractivity contribution in [2.45, 2.75) is 18.8 Å². The number of hydrogen-bond donors (Lipinski definition) is 1. The normalized spacial score (nSPS) is 22.9. The summed E-state index contributed by atoms with van der Waals surface area (Å²) in [5, 5.41) is 18.1. The molecule has 0 aromatic heterocycles. The van der Waals surface area contributed by atoms with Crippen LogP contribution in [0.5, 0.6) is 0 Å². The first-order valence-corrected chi connectivity index (χ1v) is 5.75. The molecule has 1 heterocycles. The van der Waals surface area contributed by atoms with Crippen molar-refractivity contribution in [1.29, 1.82) is 5.26 Å². The molecule has 2 rings (SSSR count). The first kappa shape index (κ1) is 12.1. The Morgan fingerprint density at radius 1 is 1.47 bits per heavy atom. The van der Waals surface area contributed by atoms with Crippen LogP contribution in [0.4, 0.5) is 0 Å². The number of nitriles is 1. The topological polar surface area (TPSA) is 56.5 Å². The van der Waals surface area contributed by atoms with Gasteiger partial charge in [-0.05, 0) is 5.56 Å². The molecule has 0 saturated carbocycles. The average molecular weight is 232 g/mol. The van der Waals surface area contributed by atoms with Gasteiger partial charge in [0.1, 0.15) is 6.10 Å². The largest absolute Gasteiger partial charge is 0.375 e. The lowest BCUT2D eigenvalue weighted by Crippen LogP contribution is -2.46. The minimum absolute atomic E-state index is 0.391. The molecule has 1 fully saturated rings. The molecule has 1 aliphatic rings. The fourth-order valence-electron chi connectivity index (χ4n) is 1.99. The third-order valence-electron chi connectivity index (χ3n) is 2.91. The molecular weight excluding hydrogens is 216 g/mol. The summed E-state index contributed by atoms with van der Waals surface area (Å²) in [6.07, 6.45) is -1.42. The van der Waals surface area contributed by atoms with Crippen molar-refractivity contribution >= 4 is 0 Å². The summed E-state index contributed by atoms with van der Waals surface area (Å²) in [5.74, 6) is 0. The number of aliphatic hydroxyl groups excluding tert-OH is 1. The molecule has 4 heteroatoms. The Morgan fingerprint density at radius 3 is 2.94 bits per heavy atom. The second-order valence-corrected chi connectivity index (χ2v) is 4.20. The van der Waals surface area contributed by atoms with Crippen LogP contribution >= 0.6 is 0 Å². The van der Waals surface area contributed by atoms with E-state index in [-0.39, 0.29) is 0 Å². The highest BCUT2D eigenvalue weighted by Gasteiger charge is 2.26. The zero-order chi connectivity index (χ0) is 12.1. The van der Waals surface area contributed by atoms with Gasteiger partial charge < -0.3 is 9.84 Å². The van der Waals surface area contributed by atoms with Crippen molar-refractivity contribution in [3.63, 3.8) is 0 Å². The monoisotopic (exact) mass is 232 g/mol. The lowest BCUT2D eigenvalue weighted by Gasteiger charge is -2.33. The van der Waals surface area contributed by atoms with E-state index in [1.165, 1.54) is 5.56 Å². The van der Waals surface area contributed by atoms with Crippen LogP contribution in [-0.2, 0) is 11.3 Å². The number of ether oxygens (including phenoxy) is 1. The molecule has 1 aliphatic heterocycles. The Labute approximate surface area is 101 Å². The van der Waals surface area contributed by atoms with E-state index in [1.807, 2.05) is 24.3 Å². The zero-order valence-electron chi connectivity index (χ0n) is 9.62. The van der Waals surface area contributed by atoms with E-state index in [4.69, 9.17) is 10.00 Å². The number of hydrogen-bond acceptors (Lipinski definition) is 4. The lowest BCUT2D eigenvalue weighted by molar-refractivity contribution is -0.0742. The number of benzene rings is 1. The molecule has 0 radical (unpaired) electrons. The van der Waals surface area contributed by atoms with Crippen LogP contribution in [0.1, 0.15) is 5.56 Å². The van der Waals surface area contributed by atoms with E-state index < -0.39 is 12.2 Å². The molecule has 1 aromatic carbocycles. The van der Waals surface area contributed by atoms with Gasteiger partial charge in [0, 0.05) is 19.6 Å². The van der Waals surface area contributed by atoms with Crippen LogP contribution in [0.2, 0.25) is 0 Å². The maximum atomic E-state index is 9.45. The van der Waals surface area contributed by atoms with E-state index in [2.05, 4.69) is 17.0 Å². The van der Waals surface area contributed by atoms with Gasteiger partial charge in [0.25, 0.3) is 0 Å². The summed E-state index contributed by atoms with van der Waals surface area (Å²) < 4.78 is 5.38. The standard InChI is InChI=1S/C13H16N2O2/c14-8-12(16)13-10-15(6-7-17-13)9-11-4-2-1-3-5-11/h1-5,12-13,16H,6-7,9-10H2. The number of aliphatic hydroxyl groups is 1. The van der Waals surface area contributed by atoms with Gasteiger partial charge in [0.05, 0.1) is 12.7 Å². The molecule has 1 N–H and O–H groups in total. The zero-order valence-corrected chi connectivity index (χ0v) is 9.62. The number of rotatable bonds is 3. The average Bonchev–Trinajstić information content (AvgIpc) is 2.39. The Kier molecular flexibility index (Phi) is 4.10. The van der Waals surface area contributed by atoms with Gasteiger partial charge in [-0.25, -0.2) is 0 Å². The van der Waals surface area contributed by atoms with Crippen LogP contribution in [0.25, 0.3) is 0 Å². The summed E-state index contributed by atoms with van der Waals surface area (Å²) in [5.41, 5.74) is 1.24. The fraction of sp³-hybridized carbons (Fsp3) is 0.462. The molecule has 1 aromatic rings. The van der Waals surface area contributed by atoms with E-state index in [9.17, 15) is 5.11 Å². The summed E-state index contributed by atoms with van der Waals surface area (Å²) in [6, 6.07) is 12.0. The summed E-state index contributed by atoms with van der Waals surface area (Å²) in [6.45, 7) is 2.84. The van der Waals surface area contributed by atoms with Crippen LogP contribution in [0.15, 0.2) is 30.3 Å². The molecule has 4 nitrogen and oxygen atoms in total. The summed E-state index contributed by atoms with van der Waals surface area (Å²) in [7, 11) is 0. The van der Waals surface area contributed by atoms with E-state index >= 15 is 0 Å². The predicted molar refractivity (Wildman–Crippen MR) is 63.1 cm³/mol. The smallest absolute Gasteiger partial charge is 0.167 e. The van der Waals surface area contributed by atoms with Gasteiger partial charge in [0.15, 0.2) is 6.10 Å². The molecule has 2 unspecified atom stereocenters.